The molecule has 0 radical (unpaired) electrons. The van der Waals surface area contributed by atoms with Crippen LogP contribution in [0, 0.1) is 20.8 Å². The van der Waals surface area contributed by atoms with E-state index in [0.717, 1.165) is 22.3 Å². The summed E-state index contributed by atoms with van der Waals surface area (Å²) in [5, 5.41) is 4.06. The van der Waals surface area contributed by atoms with Gasteiger partial charge in [0.05, 0.1) is 10.7 Å². The normalized spacial score (nSPS) is 12.3. The van der Waals surface area contributed by atoms with Crippen LogP contribution in [0.4, 0.5) is 0 Å². The quantitative estimate of drug-likeness (QED) is 0.546. The molecule has 0 aliphatic rings. The molecule has 0 aromatic heterocycles. The lowest BCUT2D eigenvalue weighted by Crippen LogP contribution is -2.08. The predicted molar refractivity (Wildman–Crippen MR) is 97.6 cm³/mol. The molecule has 0 amide bonds. The van der Waals surface area contributed by atoms with Crippen LogP contribution in [-0.4, -0.2) is 14.1 Å². The maximum absolute atomic E-state index is 12.3. The predicted octanol–water partition coefficient (Wildman–Crippen LogP) is 5.05. The van der Waals surface area contributed by atoms with E-state index in [2.05, 4.69) is 5.16 Å². The third-order valence-electron chi connectivity index (χ3n) is 3.47. The van der Waals surface area contributed by atoms with E-state index in [4.69, 9.17) is 27.5 Å². The molecule has 0 saturated heterocycles. The van der Waals surface area contributed by atoms with E-state index in [0.29, 0.717) is 5.71 Å². The number of benzene rings is 2. The van der Waals surface area contributed by atoms with Gasteiger partial charge in [-0.1, -0.05) is 46.1 Å². The van der Waals surface area contributed by atoms with Crippen LogP contribution >= 0.6 is 23.2 Å². The van der Waals surface area contributed by atoms with Gasteiger partial charge in [-0.05, 0) is 57.0 Å². The van der Waals surface area contributed by atoms with Gasteiger partial charge in [-0.15, -0.1) is 0 Å². The number of nitrogens with zero attached hydrogens (tertiary/aromatic N) is 1. The van der Waals surface area contributed by atoms with Crippen LogP contribution in [0.2, 0.25) is 10.0 Å². The van der Waals surface area contributed by atoms with Crippen LogP contribution in [0.25, 0.3) is 0 Å². The average Bonchev–Trinajstić information content (AvgIpc) is 2.46. The molecule has 0 bridgehead atoms. The highest BCUT2D eigenvalue weighted by Crippen LogP contribution is 2.27. The summed E-state index contributed by atoms with van der Waals surface area (Å²) in [7, 11) is -4.15. The van der Waals surface area contributed by atoms with E-state index >= 15 is 0 Å². The summed E-state index contributed by atoms with van der Waals surface area (Å²) < 4.78 is 29.4. The van der Waals surface area contributed by atoms with Crippen LogP contribution in [0.5, 0.6) is 0 Å². The lowest BCUT2D eigenvalue weighted by molar-refractivity contribution is 0.339. The zero-order valence-electron chi connectivity index (χ0n) is 13.7. The van der Waals surface area contributed by atoms with Crippen molar-refractivity contribution in [2.24, 2.45) is 5.16 Å². The van der Waals surface area contributed by atoms with Crippen LogP contribution in [0.3, 0.4) is 0 Å². The van der Waals surface area contributed by atoms with Crippen LogP contribution in [0.1, 0.15) is 29.2 Å². The van der Waals surface area contributed by atoms with Crippen LogP contribution in [0.15, 0.2) is 40.4 Å². The van der Waals surface area contributed by atoms with Crippen LogP contribution < -0.4 is 0 Å². The van der Waals surface area contributed by atoms with E-state index in [1.165, 1.54) is 18.2 Å². The largest absolute Gasteiger partial charge is 0.360 e. The molecule has 0 atom stereocenters. The second kappa shape index (κ2) is 7.13. The summed E-state index contributed by atoms with van der Waals surface area (Å²) in [4.78, 5) is -0.217. The number of hydrogen-bond acceptors (Lipinski definition) is 4. The Morgan fingerprint density at radius 3 is 2.21 bits per heavy atom. The van der Waals surface area contributed by atoms with Crippen molar-refractivity contribution in [3.05, 3.63) is 62.6 Å². The van der Waals surface area contributed by atoms with Crippen molar-refractivity contribution >= 4 is 39.0 Å². The van der Waals surface area contributed by atoms with Gasteiger partial charge in [-0.3, -0.25) is 4.28 Å². The number of rotatable bonds is 4. The fraction of sp³-hybridized carbons (Fsp3) is 0.235. The van der Waals surface area contributed by atoms with E-state index in [1.807, 2.05) is 32.9 Å². The van der Waals surface area contributed by atoms with Crippen molar-refractivity contribution in [3.8, 4) is 0 Å². The number of halogens is 2. The van der Waals surface area contributed by atoms with E-state index < -0.39 is 10.1 Å². The first-order valence-corrected chi connectivity index (χ1v) is 9.30. The Morgan fingerprint density at radius 2 is 1.62 bits per heavy atom. The number of oxime groups is 1. The molecule has 0 N–H and O–H groups in total. The van der Waals surface area contributed by atoms with Crippen molar-refractivity contribution < 1.29 is 12.7 Å². The highest BCUT2D eigenvalue weighted by Gasteiger charge is 2.21. The highest BCUT2D eigenvalue weighted by molar-refractivity contribution is 7.86. The summed E-state index contributed by atoms with van der Waals surface area (Å²) in [6.07, 6.45) is 0. The SMILES string of the molecule is CC(=NOS(=O)(=O)c1cc(Cl)ccc1Cl)c1c(C)cc(C)cc1C. The van der Waals surface area contributed by atoms with Crippen molar-refractivity contribution in [3.63, 3.8) is 0 Å². The Morgan fingerprint density at radius 1 is 1.04 bits per heavy atom. The molecule has 4 nitrogen and oxygen atoms in total. The zero-order valence-corrected chi connectivity index (χ0v) is 16.1. The molecule has 0 saturated carbocycles. The molecule has 0 unspecified atom stereocenters. The molecule has 7 heteroatoms. The molecule has 2 rings (SSSR count). The smallest absolute Gasteiger partial charge is 0.264 e. The summed E-state index contributed by atoms with van der Waals surface area (Å²) in [5.74, 6) is 0. The Labute approximate surface area is 152 Å². The Bertz CT molecular complexity index is 898. The Balaban J connectivity index is 2.38. The Hall–Kier alpha value is -1.56. The van der Waals surface area contributed by atoms with Crippen molar-refractivity contribution in [2.75, 3.05) is 0 Å². The second-order valence-corrected chi connectivity index (χ2v) is 7.89. The van der Waals surface area contributed by atoms with Crippen LogP contribution in [-0.2, 0) is 14.4 Å². The summed E-state index contributed by atoms with van der Waals surface area (Å²) in [6, 6.07) is 8.13. The van der Waals surface area contributed by atoms with Crippen molar-refractivity contribution in [1.82, 2.24) is 0 Å². The fourth-order valence-electron chi connectivity index (χ4n) is 2.61. The zero-order chi connectivity index (χ0) is 18.1. The van der Waals surface area contributed by atoms with Gasteiger partial charge in [0, 0.05) is 10.6 Å². The summed E-state index contributed by atoms with van der Waals surface area (Å²) >= 11 is 11.7. The minimum atomic E-state index is -4.15. The maximum Gasteiger partial charge on any atom is 0.360 e. The summed E-state index contributed by atoms with van der Waals surface area (Å²) in [6.45, 7) is 7.57. The second-order valence-electron chi connectivity index (χ2n) is 5.55. The first-order valence-electron chi connectivity index (χ1n) is 7.13. The molecule has 0 aliphatic heterocycles. The molecule has 128 valence electrons. The van der Waals surface area contributed by atoms with Gasteiger partial charge >= 0.3 is 10.1 Å². The minimum absolute atomic E-state index is 0.0231. The topological polar surface area (TPSA) is 55.7 Å². The van der Waals surface area contributed by atoms with Gasteiger partial charge in [-0.2, -0.15) is 8.42 Å². The van der Waals surface area contributed by atoms with Gasteiger partial charge in [0.1, 0.15) is 4.90 Å². The first kappa shape index (κ1) is 18.8. The van der Waals surface area contributed by atoms with Gasteiger partial charge in [0.2, 0.25) is 0 Å². The number of aryl methyl sites for hydroxylation is 3. The van der Waals surface area contributed by atoms with Crippen molar-refractivity contribution in [2.45, 2.75) is 32.6 Å². The third kappa shape index (κ3) is 4.09. The number of hydrogen-bond donors (Lipinski definition) is 0. The third-order valence-corrected chi connectivity index (χ3v) is 5.30. The summed E-state index contributed by atoms with van der Waals surface area (Å²) in [5.41, 5.74) is 4.44. The lowest BCUT2D eigenvalue weighted by Gasteiger charge is -2.11. The first-order chi connectivity index (χ1) is 11.1. The molecule has 0 heterocycles. The molecule has 24 heavy (non-hydrogen) atoms. The molecular formula is C17H17Cl2NO3S. The van der Waals surface area contributed by atoms with E-state index in [1.54, 1.807) is 6.92 Å². The van der Waals surface area contributed by atoms with E-state index in [-0.39, 0.29) is 14.9 Å². The van der Waals surface area contributed by atoms with Gasteiger partial charge in [0.15, 0.2) is 0 Å². The molecule has 0 spiro atoms. The fourth-order valence-corrected chi connectivity index (χ4v) is 4.12. The lowest BCUT2D eigenvalue weighted by atomic mass is 9.97. The standard InChI is InChI=1S/C17H17Cl2NO3S/c1-10-7-11(2)17(12(3)8-10)13(4)20-23-24(21,22)16-9-14(18)5-6-15(16)19/h5-9H,1-4H3. The molecular weight excluding hydrogens is 369 g/mol. The monoisotopic (exact) mass is 385 g/mol. The van der Waals surface area contributed by atoms with Gasteiger partial charge in [0.25, 0.3) is 0 Å². The molecule has 0 fully saturated rings. The molecule has 2 aromatic carbocycles. The average molecular weight is 386 g/mol. The highest BCUT2D eigenvalue weighted by atomic mass is 35.5. The maximum atomic E-state index is 12.3. The molecule has 0 aliphatic carbocycles. The van der Waals surface area contributed by atoms with E-state index in [9.17, 15) is 8.42 Å². The van der Waals surface area contributed by atoms with Crippen molar-refractivity contribution in [1.29, 1.82) is 0 Å². The Kier molecular flexibility index (Phi) is 5.58. The molecule has 2 aromatic rings. The van der Waals surface area contributed by atoms with Gasteiger partial charge in [-0.25, -0.2) is 0 Å². The minimum Gasteiger partial charge on any atom is -0.264 e. The van der Waals surface area contributed by atoms with Gasteiger partial charge < -0.3 is 0 Å².